The highest BCUT2D eigenvalue weighted by atomic mass is 32.2. The first-order chi connectivity index (χ1) is 9.30. The van der Waals surface area contributed by atoms with E-state index in [2.05, 4.69) is 5.32 Å². The van der Waals surface area contributed by atoms with Crippen molar-refractivity contribution in [3.8, 4) is 0 Å². The molecule has 0 heterocycles. The van der Waals surface area contributed by atoms with Gasteiger partial charge >= 0.3 is 0 Å². The van der Waals surface area contributed by atoms with Gasteiger partial charge in [-0.05, 0) is 38.2 Å². The van der Waals surface area contributed by atoms with E-state index in [1.54, 1.807) is 12.1 Å². The van der Waals surface area contributed by atoms with E-state index in [4.69, 9.17) is 5.73 Å². The van der Waals surface area contributed by atoms with Gasteiger partial charge in [0.05, 0.1) is 16.3 Å². The number of benzene rings is 1. The van der Waals surface area contributed by atoms with Gasteiger partial charge in [-0.3, -0.25) is 0 Å². The van der Waals surface area contributed by atoms with E-state index in [9.17, 15) is 8.42 Å². The minimum Gasteiger partial charge on any atom is -0.397 e. The van der Waals surface area contributed by atoms with Crippen molar-refractivity contribution < 1.29 is 8.42 Å². The summed E-state index contributed by atoms with van der Waals surface area (Å²) in [7, 11) is 3.41. The Kier molecular flexibility index (Phi) is 5.79. The van der Waals surface area contributed by atoms with Crippen molar-refractivity contribution in [3.63, 3.8) is 0 Å². The lowest BCUT2D eigenvalue weighted by atomic mass is 10.2. The van der Waals surface area contributed by atoms with Crippen LogP contribution >= 0.6 is 0 Å². The molecule has 7 heteroatoms. The molecule has 0 radical (unpaired) electrons. The smallest absolute Gasteiger partial charge is 0.242 e. The molecule has 0 aliphatic carbocycles. The molecular weight excluding hydrogens is 276 g/mol. The molecule has 0 atom stereocenters. The van der Waals surface area contributed by atoms with E-state index in [-0.39, 0.29) is 4.90 Å². The van der Waals surface area contributed by atoms with Gasteiger partial charge in [0.1, 0.15) is 0 Å². The van der Waals surface area contributed by atoms with Gasteiger partial charge in [-0.2, -0.15) is 0 Å². The fourth-order valence-electron chi connectivity index (χ4n) is 1.84. The van der Waals surface area contributed by atoms with Crippen molar-refractivity contribution in [1.29, 1.82) is 0 Å². The summed E-state index contributed by atoms with van der Waals surface area (Å²) in [4.78, 5) is 2.23. The number of hydrogen-bond acceptors (Lipinski definition) is 5. The van der Waals surface area contributed by atoms with Crippen LogP contribution in [0.3, 0.4) is 0 Å². The summed E-state index contributed by atoms with van der Waals surface area (Å²) in [5, 5.41) is 3.08. The molecule has 0 aliphatic heterocycles. The van der Waals surface area contributed by atoms with Crippen LogP contribution in [0.4, 0.5) is 11.4 Å². The van der Waals surface area contributed by atoms with Gasteiger partial charge in [-0.25, -0.2) is 12.7 Å². The van der Waals surface area contributed by atoms with E-state index >= 15 is 0 Å². The quantitative estimate of drug-likeness (QED) is 0.568. The minimum absolute atomic E-state index is 0.257. The Morgan fingerprint density at radius 2 is 1.90 bits per heavy atom. The lowest BCUT2D eigenvalue weighted by molar-refractivity contribution is 0.521. The number of sulfonamides is 1. The lowest BCUT2D eigenvalue weighted by Gasteiger charge is -2.22. The first-order valence-corrected chi connectivity index (χ1v) is 7.92. The maximum absolute atomic E-state index is 12.1. The van der Waals surface area contributed by atoms with Crippen LogP contribution in [-0.2, 0) is 10.0 Å². The molecule has 1 rings (SSSR count). The van der Waals surface area contributed by atoms with Gasteiger partial charge in [0, 0.05) is 27.7 Å². The van der Waals surface area contributed by atoms with Crippen molar-refractivity contribution in [1.82, 2.24) is 9.62 Å². The Morgan fingerprint density at radius 3 is 2.45 bits per heavy atom. The summed E-state index contributed by atoms with van der Waals surface area (Å²) >= 11 is 0. The van der Waals surface area contributed by atoms with Crippen molar-refractivity contribution in [3.05, 3.63) is 18.2 Å². The highest BCUT2D eigenvalue weighted by Crippen LogP contribution is 2.27. The summed E-state index contributed by atoms with van der Waals surface area (Å²) in [6.07, 6.45) is 0.955. The first kappa shape index (κ1) is 16.7. The Balaban J connectivity index is 3.03. The predicted molar refractivity (Wildman–Crippen MR) is 83.5 cm³/mol. The largest absolute Gasteiger partial charge is 0.397 e. The molecule has 0 amide bonds. The van der Waals surface area contributed by atoms with Gasteiger partial charge in [0.25, 0.3) is 0 Å². The average Bonchev–Trinajstić information content (AvgIpc) is 2.38. The zero-order valence-corrected chi connectivity index (χ0v) is 13.4. The monoisotopic (exact) mass is 300 g/mol. The number of nitrogens with two attached hydrogens (primary N) is 1. The van der Waals surface area contributed by atoms with Crippen molar-refractivity contribution in [2.75, 3.05) is 51.9 Å². The molecule has 114 valence electrons. The lowest BCUT2D eigenvalue weighted by Crippen LogP contribution is -2.25. The minimum atomic E-state index is -3.44. The number of nitrogens with zero attached hydrogens (tertiary/aromatic N) is 2. The van der Waals surface area contributed by atoms with E-state index in [1.807, 2.05) is 19.0 Å². The Bertz CT molecular complexity index is 543. The molecule has 20 heavy (non-hydrogen) atoms. The molecule has 0 saturated carbocycles. The number of hydrogen-bond donors (Lipinski definition) is 2. The van der Waals surface area contributed by atoms with Gasteiger partial charge in [0.2, 0.25) is 10.0 Å². The van der Waals surface area contributed by atoms with Crippen LogP contribution in [0.2, 0.25) is 0 Å². The van der Waals surface area contributed by atoms with Crippen LogP contribution < -0.4 is 16.0 Å². The third-order valence-electron chi connectivity index (χ3n) is 3.11. The van der Waals surface area contributed by atoms with Gasteiger partial charge < -0.3 is 16.0 Å². The highest BCUT2D eigenvalue weighted by Gasteiger charge is 2.19. The molecule has 0 saturated heterocycles. The summed E-state index contributed by atoms with van der Waals surface area (Å²) in [6.45, 7) is 1.70. The second-order valence-corrected chi connectivity index (χ2v) is 7.04. The molecule has 0 spiro atoms. The number of nitrogen functional groups attached to an aromatic ring is 1. The van der Waals surface area contributed by atoms with Crippen LogP contribution in [-0.4, -0.2) is 54.0 Å². The zero-order chi connectivity index (χ0) is 15.3. The number of nitrogens with one attached hydrogen (secondary N) is 1. The van der Waals surface area contributed by atoms with Gasteiger partial charge in [-0.15, -0.1) is 0 Å². The Labute approximate surface area is 121 Å². The third-order valence-corrected chi connectivity index (χ3v) is 4.92. The molecule has 0 aromatic heterocycles. The van der Waals surface area contributed by atoms with Crippen LogP contribution in [0.1, 0.15) is 6.42 Å². The molecule has 0 aliphatic rings. The van der Waals surface area contributed by atoms with Crippen LogP contribution in [0.15, 0.2) is 23.1 Å². The topological polar surface area (TPSA) is 78.7 Å². The summed E-state index contributed by atoms with van der Waals surface area (Å²) < 4.78 is 25.5. The summed E-state index contributed by atoms with van der Waals surface area (Å²) in [5.74, 6) is 0. The molecular formula is C13H24N4O2S. The summed E-state index contributed by atoms with van der Waals surface area (Å²) in [6, 6.07) is 4.81. The second kappa shape index (κ2) is 6.92. The van der Waals surface area contributed by atoms with Gasteiger partial charge in [-0.1, -0.05) is 0 Å². The molecule has 0 bridgehead atoms. The van der Waals surface area contributed by atoms with E-state index in [0.717, 1.165) is 25.2 Å². The van der Waals surface area contributed by atoms with E-state index in [0.29, 0.717) is 5.69 Å². The maximum Gasteiger partial charge on any atom is 0.242 e. The SMILES string of the molecule is CNCCCN(C)c1cc(S(=O)(=O)N(C)C)ccc1N. The van der Waals surface area contributed by atoms with Crippen molar-refractivity contribution in [2.24, 2.45) is 0 Å². The molecule has 3 N–H and O–H groups in total. The highest BCUT2D eigenvalue weighted by molar-refractivity contribution is 7.89. The van der Waals surface area contributed by atoms with Gasteiger partial charge in [0.15, 0.2) is 0 Å². The Hall–Kier alpha value is -1.31. The van der Waals surface area contributed by atoms with Crippen LogP contribution in [0.25, 0.3) is 0 Å². The molecule has 0 fully saturated rings. The summed E-state index contributed by atoms with van der Waals surface area (Å²) in [5.41, 5.74) is 7.27. The van der Waals surface area contributed by atoms with Crippen molar-refractivity contribution >= 4 is 21.4 Å². The molecule has 6 nitrogen and oxygen atoms in total. The second-order valence-electron chi connectivity index (χ2n) is 4.89. The zero-order valence-electron chi connectivity index (χ0n) is 12.5. The average molecular weight is 300 g/mol. The maximum atomic E-state index is 12.1. The normalized spacial score (nSPS) is 11.8. The fourth-order valence-corrected chi connectivity index (χ4v) is 2.76. The standard InChI is InChI=1S/C13H24N4O2S/c1-15-8-5-9-17(4)13-10-11(6-7-12(13)14)20(18,19)16(2)3/h6-7,10,15H,5,8-9,14H2,1-4H3. The number of rotatable bonds is 7. The van der Waals surface area contributed by atoms with E-state index < -0.39 is 10.0 Å². The first-order valence-electron chi connectivity index (χ1n) is 6.48. The third kappa shape index (κ3) is 3.84. The van der Waals surface area contributed by atoms with Crippen LogP contribution in [0.5, 0.6) is 0 Å². The fraction of sp³-hybridized carbons (Fsp3) is 0.538. The molecule has 1 aromatic carbocycles. The molecule has 0 unspecified atom stereocenters. The number of anilines is 2. The predicted octanol–water partition coefficient (Wildman–Crippen LogP) is 0.565. The van der Waals surface area contributed by atoms with E-state index in [1.165, 1.54) is 24.5 Å². The van der Waals surface area contributed by atoms with Crippen LogP contribution in [0, 0.1) is 0 Å². The molecule has 1 aromatic rings. The van der Waals surface area contributed by atoms with Crippen molar-refractivity contribution in [2.45, 2.75) is 11.3 Å². The Morgan fingerprint density at radius 1 is 1.25 bits per heavy atom.